The molecule has 2 aromatic heterocycles. The SMILES string of the molecule is CCC(=O)c1cnc2c(=O)[nH]c(=O)[nH]c2n1. The maximum absolute atomic E-state index is 11.3. The van der Waals surface area contributed by atoms with Crippen molar-refractivity contribution in [3.63, 3.8) is 0 Å². The zero-order valence-corrected chi connectivity index (χ0v) is 8.40. The Morgan fingerprint density at radius 1 is 1.38 bits per heavy atom. The number of aromatic amines is 2. The summed E-state index contributed by atoms with van der Waals surface area (Å²) in [5.41, 5.74) is -1.13. The molecule has 2 N–H and O–H groups in total. The van der Waals surface area contributed by atoms with Gasteiger partial charge in [0.2, 0.25) is 0 Å². The molecule has 0 aromatic carbocycles. The van der Waals surface area contributed by atoms with E-state index in [9.17, 15) is 14.4 Å². The van der Waals surface area contributed by atoms with Crippen LogP contribution in [0.2, 0.25) is 0 Å². The van der Waals surface area contributed by atoms with Gasteiger partial charge in [0.1, 0.15) is 5.69 Å². The lowest BCUT2D eigenvalue weighted by Crippen LogP contribution is -2.23. The van der Waals surface area contributed by atoms with Gasteiger partial charge in [-0.05, 0) is 0 Å². The molecule has 2 aromatic rings. The number of nitrogens with zero attached hydrogens (tertiary/aromatic N) is 2. The van der Waals surface area contributed by atoms with Crippen LogP contribution in [-0.4, -0.2) is 25.7 Å². The van der Waals surface area contributed by atoms with E-state index in [4.69, 9.17) is 0 Å². The first kappa shape index (κ1) is 10.2. The molecule has 2 heterocycles. The number of rotatable bonds is 2. The highest BCUT2D eigenvalue weighted by atomic mass is 16.2. The van der Waals surface area contributed by atoms with Gasteiger partial charge in [-0.25, -0.2) is 14.8 Å². The molecule has 0 aliphatic carbocycles. The molecule has 0 saturated heterocycles. The van der Waals surface area contributed by atoms with E-state index in [-0.39, 0.29) is 29.1 Å². The van der Waals surface area contributed by atoms with Gasteiger partial charge in [0.25, 0.3) is 5.56 Å². The van der Waals surface area contributed by atoms with E-state index >= 15 is 0 Å². The van der Waals surface area contributed by atoms with Gasteiger partial charge in [-0.15, -0.1) is 0 Å². The highest BCUT2D eigenvalue weighted by molar-refractivity contribution is 5.94. The highest BCUT2D eigenvalue weighted by Gasteiger charge is 2.09. The van der Waals surface area contributed by atoms with Crippen LogP contribution in [0.1, 0.15) is 23.8 Å². The molecule has 0 fully saturated rings. The molecular formula is C9H8N4O3. The van der Waals surface area contributed by atoms with Gasteiger partial charge >= 0.3 is 5.69 Å². The second kappa shape index (κ2) is 3.69. The summed E-state index contributed by atoms with van der Waals surface area (Å²) in [6.45, 7) is 1.69. The number of carbonyl (C=O) groups is 1. The second-order valence-corrected chi connectivity index (χ2v) is 3.14. The minimum absolute atomic E-state index is 0.00672. The van der Waals surface area contributed by atoms with E-state index in [1.165, 1.54) is 6.20 Å². The number of ketones is 1. The monoisotopic (exact) mass is 220 g/mol. The van der Waals surface area contributed by atoms with Crippen LogP contribution in [0.5, 0.6) is 0 Å². The van der Waals surface area contributed by atoms with Crippen molar-refractivity contribution in [1.82, 2.24) is 19.9 Å². The number of hydrogen-bond acceptors (Lipinski definition) is 5. The molecule has 7 heteroatoms. The first-order valence-electron chi connectivity index (χ1n) is 4.64. The van der Waals surface area contributed by atoms with Crippen molar-refractivity contribution in [2.24, 2.45) is 0 Å². The normalized spacial score (nSPS) is 10.6. The summed E-state index contributed by atoms with van der Waals surface area (Å²) in [5.74, 6) is -0.199. The van der Waals surface area contributed by atoms with E-state index in [0.717, 1.165) is 0 Å². The molecule has 0 saturated carbocycles. The molecule has 82 valence electrons. The molecule has 0 atom stereocenters. The van der Waals surface area contributed by atoms with Crippen molar-refractivity contribution in [2.45, 2.75) is 13.3 Å². The number of nitrogens with one attached hydrogen (secondary N) is 2. The smallest absolute Gasteiger partial charge is 0.292 e. The maximum atomic E-state index is 11.3. The average molecular weight is 220 g/mol. The molecule has 0 aliphatic heterocycles. The number of Topliss-reactive ketones (excluding diaryl/α,β-unsaturated/α-hetero) is 1. The summed E-state index contributed by atoms with van der Waals surface area (Å²) in [7, 11) is 0. The summed E-state index contributed by atoms with van der Waals surface area (Å²) in [6, 6.07) is 0. The molecule has 0 radical (unpaired) electrons. The van der Waals surface area contributed by atoms with Crippen molar-refractivity contribution in [2.75, 3.05) is 0 Å². The zero-order chi connectivity index (χ0) is 11.7. The number of carbonyl (C=O) groups excluding carboxylic acids is 1. The molecule has 16 heavy (non-hydrogen) atoms. The van der Waals surface area contributed by atoms with Crippen LogP contribution in [0.4, 0.5) is 0 Å². The predicted octanol–water partition coefficient (Wildman–Crippen LogP) is -0.401. The Morgan fingerprint density at radius 3 is 2.81 bits per heavy atom. The Bertz CT molecular complexity index is 670. The third-order valence-electron chi connectivity index (χ3n) is 2.05. The lowest BCUT2D eigenvalue weighted by Gasteiger charge is -1.98. The van der Waals surface area contributed by atoms with Gasteiger partial charge < -0.3 is 0 Å². The topological polar surface area (TPSA) is 109 Å². The molecule has 0 bridgehead atoms. The molecule has 7 nitrogen and oxygen atoms in total. The standard InChI is InChI=1S/C9H8N4O3/c1-2-5(14)4-3-10-6-7(11-4)12-9(16)13-8(6)15/h3H,2H2,1H3,(H2,11,12,13,15,16). The molecular weight excluding hydrogens is 212 g/mol. The van der Waals surface area contributed by atoms with Crippen molar-refractivity contribution in [1.29, 1.82) is 0 Å². The Morgan fingerprint density at radius 2 is 2.12 bits per heavy atom. The Kier molecular flexibility index (Phi) is 2.35. The van der Waals surface area contributed by atoms with Crippen molar-refractivity contribution >= 4 is 16.9 Å². The zero-order valence-electron chi connectivity index (χ0n) is 8.40. The maximum Gasteiger partial charge on any atom is 0.327 e. The van der Waals surface area contributed by atoms with E-state index < -0.39 is 11.2 Å². The minimum Gasteiger partial charge on any atom is -0.292 e. The number of fused-ring (bicyclic) bond motifs is 1. The van der Waals surface area contributed by atoms with Gasteiger partial charge in [-0.3, -0.25) is 19.6 Å². The van der Waals surface area contributed by atoms with Gasteiger partial charge in [0.15, 0.2) is 16.9 Å². The van der Waals surface area contributed by atoms with Crippen molar-refractivity contribution < 1.29 is 4.79 Å². The molecule has 0 spiro atoms. The summed E-state index contributed by atoms with van der Waals surface area (Å²) in [5, 5.41) is 0. The van der Waals surface area contributed by atoms with Gasteiger partial charge in [0.05, 0.1) is 6.20 Å². The highest BCUT2D eigenvalue weighted by Crippen LogP contribution is 2.02. The Labute approximate surface area is 88.6 Å². The molecule has 0 amide bonds. The second-order valence-electron chi connectivity index (χ2n) is 3.14. The minimum atomic E-state index is -0.673. The number of aromatic nitrogens is 4. The van der Waals surface area contributed by atoms with Crippen LogP contribution in [0.15, 0.2) is 15.8 Å². The summed E-state index contributed by atoms with van der Waals surface area (Å²) in [4.78, 5) is 45.6. The first-order chi connectivity index (χ1) is 7.61. The van der Waals surface area contributed by atoms with Crippen LogP contribution < -0.4 is 11.2 Å². The fourth-order valence-electron chi connectivity index (χ4n) is 1.26. The predicted molar refractivity (Wildman–Crippen MR) is 55.4 cm³/mol. The van der Waals surface area contributed by atoms with Crippen molar-refractivity contribution in [3.8, 4) is 0 Å². The number of hydrogen-bond donors (Lipinski definition) is 2. The van der Waals surface area contributed by atoms with Crippen LogP contribution in [0.25, 0.3) is 11.2 Å². The quantitative estimate of drug-likeness (QED) is 0.669. The third-order valence-corrected chi connectivity index (χ3v) is 2.05. The van der Waals surface area contributed by atoms with E-state index in [0.29, 0.717) is 0 Å². The fourth-order valence-corrected chi connectivity index (χ4v) is 1.26. The third kappa shape index (κ3) is 1.62. The summed E-state index contributed by atoms with van der Waals surface area (Å²) in [6.07, 6.45) is 1.51. The van der Waals surface area contributed by atoms with Crippen molar-refractivity contribution in [3.05, 3.63) is 32.7 Å². The van der Waals surface area contributed by atoms with Crippen LogP contribution >= 0.6 is 0 Å². The lowest BCUT2D eigenvalue weighted by molar-refractivity contribution is 0.0983. The summed E-state index contributed by atoms with van der Waals surface area (Å²) < 4.78 is 0. The van der Waals surface area contributed by atoms with Crippen LogP contribution in [0.3, 0.4) is 0 Å². The van der Waals surface area contributed by atoms with Gasteiger partial charge in [-0.1, -0.05) is 6.92 Å². The van der Waals surface area contributed by atoms with E-state index in [1.54, 1.807) is 6.92 Å². The summed E-state index contributed by atoms with van der Waals surface area (Å²) >= 11 is 0. The Hall–Kier alpha value is -2.31. The molecule has 0 unspecified atom stereocenters. The van der Waals surface area contributed by atoms with E-state index in [2.05, 4.69) is 15.0 Å². The molecule has 2 rings (SSSR count). The Balaban J connectivity index is 2.76. The molecule has 0 aliphatic rings. The largest absolute Gasteiger partial charge is 0.327 e. The average Bonchev–Trinajstić information content (AvgIpc) is 2.27. The fraction of sp³-hybridized carbons (Fsp3) is 0.222. The van der Waals surface area contributed by atoms with Crippen LogP contribution in [-0.2, 0) is 0 Å². The lowest BCUT2D eigenvalue weighted by atomic mass is 10.2. The van der Waals surface area contributed by atoms with E-state index in [1.807, 2.05) is 4.98 Å². The number of H-pyrrole nitrogens is 2. The van der Waals surface area contributed by atoms with Gasteiger partial charge in [0, 0.05) is 6.42 Å². The van der Waals surface area contributed by atoms with Gasteiger partial charge in [-0.2, -0.15) is 0 Å². The van der Waals surface area contributed by atoms with Crippen LogP contribution in [0, 0.1) is 0 Å². The first-order valence-corrected chi connectivity index (χ1v) is 4.64.